The van der Waals surface area contributed by atoms with Gasteiger partial charge in [-0.3, -0.25) is 14.4 Å². The Morgan fingerprint density at radius 2 is 1.42 bits per heavy atom. The number of aliphatic hydroxyl groups is 1. The topological polar surface area (TPSA) is 203 Å². The molecule has 0 bridgehead atoms. The van der Waals surface area contributed by atoms with Crippen LogP contribution in [0.15, 0.2) is 38.0 Å². The summed E-state index contributed by atoms with van der Waals surface area (Å²) in [5, 5.41) is 34.0. The minimum Gasteiger partial charge on any atom is -0.411 e. The lowest BCUT2D eigenvalue weighted by atomic mass is 10.0. The molecule has 20 heteroatoms. The van der Waals surface area contributed by atoms with Crippen molar-refractivity contribution in [2.24, 2.45) is 31.6 Å². The Morgan fingerprint density at radius 3 is 1.56 bits per heavy atom. The van der Waals surface area contributed by atoms with Crippen LogP contribution in [0.5, 0.6) is 0 Å². The molecular formula is C44H84F3N9O8. The average molecular weight is 924 g/mol. The van der Waals surface area contributed by atoms with Gasteiger partial charge < -0.3 is 40.1 Å². The third-order valence-electron chi connectivity index (χ3n) is 6.54. The number of nitrogens with one attached hydrogen (secondary N) is 1. The Bertz CT molecular complexity index is 1410. The van der Waals surface area contributed by atoms with E-state index in [0.29, 0.717) is 5.92 Å². The molecule has 17 nitrogen and oxygen atoms in total. The van der Waals surface area contributed by atoms with Gasteiger partial charge in [0.1, 0.15) is 27.1 Å². The van der Waals surface area contributed by atoms with E-state index in [1.54, 1.807) is 52.1 Å². The van der Waals surface area contributed by atoms with E-state index in [-0.39, 0.29) is 18.5 Å². The smallest absolute Gasteiger partial charge is 0.411 e. The quantitative estimate of drug-likeness (QED) is 0.0289. The molecule has 0 rings (SSSR count). The number of terminal acetylenes is 1. The highest BCUT2D eigenvalue weighted by molar-refractivity contribution is 5.85. The molecule has 0 heterocycles. The number of carbonyl (C=O) groups is 3. The van der Waals surface area contributed by atoms with Gasteiger partial charge in [-0.2, -0.15) is 10.0 Å². The average Bonchev–Trinajstić information content (AvgIpc) is 3.24. The largest absolute Gasteiger partial charge is 0.498 e. The number of hydrazone groups is 1. The van der Waals surface area contributed by atoms with E-state index < -0.39 is 17.1 Å². The minimum absolute atomic E-state index is 0.0931. The molecule has 0 aromatic rings. The standard InChI is InChI=1S/C9H19NO.C7H13NO.C6H14N2.C6H9NO.C5H4F3NO.C4H9NO2.C4H9NO.C3H7NO/c1-5-6-7-9(8(2)3)10-11-4;1-4-6-8(5-2)7(3)9;1-4-6(5-2)8-7-3;1-4-5-8-7-6(2)3;1-3-9(4(2)10)5(6,7)8;1-4(7)5(2)3-6;1-3-4(2)5-6;1-3-4-5-2/h8H,5-7H2,1-4H3;4,6H,5H2,1-3H3;7H,4-5H2,1-3H3;1-3H3;1H,2H3;6H,3H2,1-2H3;6H,3H2,1-2H3;3H,1-2H3/b10-9-;6-4+;;;;;;4-3+. The molecule has 0 spiro atoms. The van der Waals surface area contributed by atoms with Gasteiger partial charge in [0, 0.05) is 72.5 Å². The fourth-order valence-electron chi connectivity index (χ4n) is 2.87. The summed E-state index contributed by atoms with van der Waals surface area (Å²) in [7, 11) is 6.47. The lowest BCUT2D eigenvalue weighted by Crippen LogP contribution is -2.37. The van der Waals surface area contributed by atoms with Crippen molar-refractivity contribution in [3.63, 3.8) is 0 Å². The second-order valence-corrected chi connectivity index (χ2v) is 12.4. The first-order valence-corrected chi connectivity index (χ1v) is 20.5. The first-order chi connectivity index (χ1) is 29.8. The molecule has 0 aliphatic heterocycles. The van der Waals surface area contributed by atoms with Crippen molar-refractivity contribution >= 4 is 46.8 Å². The second-order valence-electron chi connectivity index (χ2n) is 12.4. The van der Waals surface area contributed by atoms with Crippen molar-refractivity contribution < 1.29 is 52.4 Å². The molecule has 0 fully saturated rings. The number of alkyl halides is 3. The number of oxime groups is 4. The zero-order valence-electron chi connectivity index (χ0n) is 42.6. The van der Waals surface area contributed by atoms with Crippen LogP contribution in [-0.4, -0.2) is 120 Å². The predicted molar refractivity (Wildman–Crippen MR) is 256 cm³/mol. The maximum Gasteiger partial charge on any atom is 0.498 e. The Hall–Kier alpha value is -5.63. The number of amides is 3. The first-order valence-electron chi connectivity index (χ1n) is 20.5. The van der Waals surface area contributed by atoms with Crippen LogP contribution >= 0.6 is 0 Å². The first kappa shape index (κ1) is 75.7. The summed E-state index contributed by atoms with van der Waals surface area (Å²) in [4.78, 5) is 46.6. The molecule has 64 heavy (non-hydrogen) atoms. The van der Waals surface area contributed by atoms with E-state index in [2.05, 4.69) is 93.9 Å². The highest BCUT2D eigenvalue weighted by Gasteiger charge is 2.38. The molecule has 0 unspecified atom stereocenters. The summed E-state index contributed by atoms with van der Waals surface area (Å²) < 4.78 is 34.6. The predicted octanol–water partition coefficient (Wildman–Crippen LogP) is 9.23. The number of hydrogen-bond acceptors (Lipinski definition) is 14. The zero-order valence-corrected chi connectivity index (χ0v) is 42.6. The van der Waals surface area contributed by atoms with Crippen LogP contribution in [0.25, 0.3) is 0 Å². The van der Waals surface area contributed by atoms with Crippen molar-refractivity contribution in [3.05, 3.63) is 12.3 Å². The summed E-state index contributed by atoms with van der Waals surface area (Å²) in [6, 6.07) is 1.20. The van der Waals surface area contributed by atoms with Crippen LogP contribution in [0.3, 0.4) is 0 Å². The van der Waals surface area contributed by atoms with Crippen molar-refractivity contribution in [3.8, 4) is 24.5 Å². The monoisotopic (exact) mass is 924 g/mol. The van der Waals surface area contributed by atoms with Gasteiger partial charge in [-0.05, 0) is 79.6 Å². The summed E-state index contributed by atoms with van der Waals surface area (Å²) in [5.41, 5.74) is 6.80. The maximum absolute atomic E-state index is 11.5. The van der Waals surface area contributed by atoms with Gasteiger partial charge in [-0.15, -0.1) is 18.3 Å². The summed E-state index contributed by atoms with van der Waals surface area (Å²) in [5.74, 6) is 1.82. The lowest BCUT2D eigenvalue weighted by molar-refractivity contribution is -0.220. The van der Waals surface area contributed by atoms with Crippen LogP contribution < -0.4 is 5.43 Å². The number of rotatable bonds is 14. The van der Waals surface area contributed by atoms with E-state index in [1.165, 1.54) is 56.3 Å². The molecule has 374 valence electrons. The number of aliphatic hydroxyl groups excluding tert-OH is 1. The minimum atomic E-state index is -4.76. The van der Waals surface area contributed by atoms with Crippen LogP contribution in [0.2, 0.25) is 0 Å². The Kier molecular flexibility index (Phi) is 67.9. The summed E-state index contributed by atoms with van der Waals surface area (Å²) in [6.07, 6.45) is 13.6. The zero-order chi connectivity index (χ0) is 52.1. The fourth-order valence-corrected chi connectivity index (χ4v) is 2.87. The molecular weight excluding hydrogens is 840 g/mol. The molecule has 0 atom stereocenters. The SMILES string of the molecule is C#CN(C(C)=O)C(F)(F)F.C/C=C/N(CC)C(C)=O.C/C=N/OC.CC#CON=C(C)C.CC(=O)N(C)CO.CCC(C)=NO.CCC(CC)=NNC.CCCC/C(=N/OC)C(C)C. The van der Waals surface area contributed by atoms with Gasteiger partial charge in [-0.1, -0.05) is 81.9 Å². The van der Waals surface area contributed by atoms with Crippen LogP contribution in [0.1, 0.15) is 149 Å². The maximum atomic E-state index is 11.5. The van der Waals surface area contributed by atoms with Gasteiger partial charge in [0.25, 0.3) is 0 Å². The fraction of sp³-hybridized carbons (Fsp3) is 0.682. The molecule has 0 aliphatic carbocycles. The number of carbonyl (C=O) groups excluding carboxylic acids is 3. The number of halogens is 3. The summed E-state index contributed by atoms with van der Waals surface area (Å²) >= 11 is 0. The van der Waals surface area contributed by atoms with E-state index >= 15 is 0 Å². The summed E-state index contributed by atoms with van der Waals surface area (Å²) in [6.45, 7) is 29.7. The third-order valence-corrected chi connectivity index (χ3v) is 6.54. The molecule has 0 saturated heterocycles. The normalized spacial score (nSPS) is 9.75. The van der Waals surface area contributed by atoms with Gasteiger partial charge >= 0.3 is 6.30 Å². The van der Waals surface area contributed by atoms with Crippen molar-refractivity contribution in [1.82, 2.24) is 20.1 Å². The number of hydrogen-bond donors (Lipinski definition) is 3. The highest BCUT2D eigenvalue weighted by atomic mass is 19.4. The van der Waals surface area contributed by atoms with Gasteiger partial charge in [0.05, 0.1) is 17.1 Å². The van der Waals surface area contributed by atoms with Crippen LogP contribution in [-0.2, 0) is 28.9 Å². The van der Waals surface area contributed by atoms with E-state index in [9.17, 15) is 27.6 Å². The van der Waals surface area contributed by atoms with Crippen molar-refractivity contribution in [2.75, 3.05) is 41.6 Å². The van der Waals surface area contributed by atoms with Crippen molar-refractivity contribution in [2.45, 2.75) is 156 Å². The van der Waals surface area contributed by atoms with Gasteiger partial charge in [0.2, 0.25) is 17.7 Å². The van der Waals surface area contributed by atoms with Crippen molar-refractivity contribution in [1.29, 1.82) is 0 Å². The molecule has 3 N–H and O–H groups in total. The molecule has 0 aliphatic rings. The highest BCUT2D eigenvalue weighted by Crippen LogP contribution is 2.19. The Labute approximate surface area is 384 Å². The third kappa shape index (κ3) is 68.1. The van der Waals surface area contributed by atoms with Crippen LogP contribution in [0, 0.1) is 30.4 Å². The van der Waals surface area contributed by atoms with Gasteiger partial charge in [0.15, 0.2) is 0 Å². The molecule has 0 radical (unpaired) electrons. The van der Waals surface area contributed by atoms with E-state index in [0.717, 1.165) is 50.6 Å². The second kappa shape index (κ2) is 57.4. The molecule has 3 amide bonds. The number of unbranched alkanes of at least 4 members (excludes halogenated alkanes) is 1. The molecule has 0 saturated carbocycles. The van der Waals surface area contributed by atoms with Crippen LogP contribution in [0.4, 0.5) is 13.2 Å². The Morgan fingerprint density at radius 1 is 0.891 bits per heavy atom. The van der Waals surface area contributed by atoms with E-state index in [4.69, 9.17) is 15.2 Å². The number of allylic oxidation sites excluding steroid dienone is 1. The molecule has 0 aromatic carbocycles. The molecule has 0 aromatic heterocycles. The van der Waals surface area contributed by atoms with Gasteiger partial charge in [-0.25, -0.2) is 0 Å². The van der Waals surface area contributed by atoms with E-state index in [1.807, 2.05) is 47.7 Å². The lowest BCUT2D eigenvalue weighted by Gasteiger charge is -2.15. The Balaban J connectivity index is -0.0000000943. The number of nitrogens with zero attached hydrogens (tertiary/aromatic N) is 8.